The van der Waals surface area contributed by atoms with Gasteiger partial charge >= 0.3 is 0 Å². The molecule has 0 atom stereocenters. The van der Waals surface area contributed by atoms with Gasteiger partial charge in [-0.25, -0.2) is 13.4 Å². The molecule has 2 heterocycles. The Morgan fingerprint density at radius 2 is 2.00 bits per heavy atom. The van der Waals surface area contributed by atoms with Gasteiger partial charge in [-0.15, -0.1) is 0 Å². The Morgan fingerprint density at radius 1 is 1.38 bits per heavy atom. The Balaban J connectivity index is 1.96. The number of nitrogens with zero attached hydrogens (tertiary/aromatic N) is 4. The summed E-state index contributed by atoms with van der Waals surface area (Å²) in [6.07, 6.45) is 1.28. The Morgan fingerprint density at radius 3 is 2.48 bits per heavy atom. The minimum absolute atomic E-state index is 0.0144. The van der Waals surface area contributed by atoms with Crippen molar-refractivity contribution in [3.8, 4) is 0 Å². The van der Waals surface area contributed by atoms with Gasteiger partial charge in [-0.1, -0.05) is 22.9 Å². The van der Waals surface area contributed by atoms with E-state index < -0.39 is 10.0 Å². The smallest absolute Gasteiger partial charge is 0.254 e. The molecule has 0 radical (unpaired) electrons. The number of carbonyl (C=O) groups excluding carboxylic acids is 1. The van der Waals surface area contributed by atoms with Gasteiger partial charge in [-0.05, 0) is 0 Å². The summed E-state index contributed by atoms with van der Waals surface area (Å²) in [7, 11) is -0.117. The van der Waals surface area contributed by atoms with Crippen molar-refractivity contribution < 1.29 is 13.2 Å². The molecule has 1 amide bonds. The average Bonchev–Trinajstić information content (AvgIpc) is 2.86. The molecular formula is C11H17ClN4O3S2. The molecule has 0 aromatic carbocycles. The lowest BCUT2D eigenvalue weighted by Gasteiger charge is -2.33. The van der Waals surface area contributed by atoms with Crippen molar-refractivity contribution in [3.05, 3.63) is 10.7 Å². The molecule has 1 aromatic heterocycles. The first-order valence-corrected chi connectivity index (χ1v) is 8.98. The minimum atomic E-state index is -3.53. The molecule has 0 bridgehead atoms. The van der Waals surface area contributed by atoms with Gasteiger partial charge in [0.15, 0.2) is 8.68 Å². The molecule has 1 aliphatic rings. The Kier molecular flexibility index (Phi) is 5.20. The van der Waals surface area contributed by atoms with E-state index in [9.17, 15) is 13.2 Å². The van der Waals surface area contributed by atoms with Gasteiger partial charge in [0.1, 0.15) is 0 Å². The van der Waals surface area contributed by atoms with E-state index in [1.54, 1.807) is 14.1 Å². The highest BCUT2D eigenvalue weighted by molar-refractivity contribution is 7.91. The van der Waals surface area contributed by atoms with E-state index in [1.807, 2.05) is 4.90 Å². The molecular weight excluding hydrogens is 336 g/mol. The zero-order valence-corrected chi connectivity index (χ0v) is 14.2. The topological polar surface area (TPSA) is 73.8 Å². The second kappa shape index (κ2) is 6.57. The molecule has 1 saturated heterocycles. The second-order valence-corrected chi connectivity index (χ2v) is 8.68. The molecule has 21 heavy (non-hydrogen) atoms. The minimum Gasteiger partial charge on any atom is -0.348 e. The number of hydrogen-bond donors (Lipinski definition) is 0. The molecule has 0 aliphatic carbocycles. The highest BCUT2D eigenvalue weighted by atomic mass is 35.5. The van der Waals surface area contributed by atoms with E-state index in [1.165, 1.54) is 15.4 Å². The average molecular weight is 353 g/mol. The van der Waals surface area contributed by atoms with Crippen LogP contribution in [0.25, 0.3) is 0 Å². The molecule has 0 unspecified atom stereocenters. The lowest BCUT2D eigenvalue weighted by molar-refractivity contribution is -0.130. The fourth-order valence-electron chi connectivity index (χ4n) is 1.95. The molecule has 118 valence electrons. The van der Waals surface area contributed by atoms with E-state index in [0.29, 0.717) is 32.7 Å². The van der Waals surface area contributed by atoms with Crippen molar-refractivity contribution in [1.29, 1.82) is 0 Å². The Bertz CT molecular complexity index is 609. The van der Waals surface area contributed by atoms with Crippen LogP contribution in [-0.4, -0.2) is 80.2 Å². The summed E-state index contributed by atoms with van der Waals surface area (Å²) in [6.45, 7) is 2.10. The fourth-order valence-corrected chi connectivity index (χ4v) is 4.82. The van der Waals surface area contributed by atoms with Gasteiger partial charge in [0.2, 0.25) is 5.91 Å². The number of thiazole rings is 1. The van der Waals surface area contributed by atoms with Crippen LogP contribution in [0.15, 0.2) is 10.4 Å². The molecule has 1 aromatic rings. The van der Waals surface area contributed by atoms with Gasteiger partial charge in [0, 0.05) is 40.3 Å². The second-order valence-electron chi connectivity index (χ2n) is 4.90. The Labute approximate surface area is 133 Å². The Hall–Kier alpha value is -0.740. The molecule has 0 N–H and O–H groups in total. The van der Waals surface area contributed by atoms with Crippen LogP contribution in [0.2, 0.25) is 4.47 Å². The summed E-state index contributed by atoms with van der Waals surface area (Å²) in [5.74, 6) is 0.0144. The van der Waals surface area contributed by atoms with Crippen LogP contribution in [0.4, 0.5) is 0 Å². The SMILES string of the molecule is CN(C)C(=O)CN1CCN(S(=O)(=O)c2cnc(Cl)s2)CC1. The summed E-state index contributed by atoms with van der Waals surface area (Å²) >= 11 is 6.64. The zero-order chi connectivity index (χ0) is 15.6. The summed E-state index contributed by atoms with van der Waals surface area (Å²) in [5, 5.41) is 0. The number of sulfonamides is 1. The lowest BCUT2D eigenvalue weighted by atomic mass is 10.3. The van der Waals surface area contributed by atoms with Crippen LogP contribution in [0.3, 0.4) is 0 Å². The van der Waals surface area contributed by atoms with Gasteiger partial charge in [-0.2, -0.15) is 4.31 Å². The first-order valence-electron chi connectivity index (χ1n) is 6.34. The van der Waals surface area contributed by atoms with E-state index >= 15 is 0 Å². The maximum Gasteiger partial charge on any atom is 0.254 e. The van der Waals surface area contributed by atoms with Crippen molar-refractivity contribution in [2.45, 2.75) is 4.21 Å². The van der Waals surface area contributed by atoms with Crippen LogP contribution in [-0.2, 0) is 14.8 Å². The number of rotatable bonds is 4. The quantitative estimate of drug-likeness (QED) is 0.773. The molecule has 1 aliphatic heterocycles. The van der Waals surface area contributed by atoms with Gasteiger partial charge < -0.3 is 4.90 Å². The van der Waals surface area contributed by atoms with E-state index in [-0.39, 0.29) is 14.6 Å². The maximum atomic E-state index is 12.4. The molecule has 7 nitrogen and oxygen atoms in total. The van der Waals surface area contributed by atoms with Crippen molar-refractivity contribution >= 4 is 38.9 Å². The largest absolute Gasteiger partial charge is 0.348 e. The van der Waals surface area contributed by atoms with Crippen LogP contribution < -0.4 is 0 Å². The third-order valence-electron chi connectivity index (χ3n) is 3.24. The normalized spacial score (nSPS) is 17.9. The van der Waals surface area contributed by atoms with Crippen LogP contribution >= 0.6 is 22.9 Å². The fraction of sp³-hybridized carbons (Fsp3) is 0.636. The number of halogens is 1. The van der Waals surface area contributed by atoms with E-state index in [2.05, 4.69) is 4.98 Å². The van der Waals surface area contributed by atoms with Gasteiger partial charge in [0.25, 0.3) is 10.0 Å². The third-order valence-corrected chi connectivity index (χ3v) is 6.69. The molecule has 10 heteroatoms. The number of carbonyl (C=O) groups is 1. The molecule has 0 spiro atoms. The zero-order valence-electron chi connectivity index (χ0n) is 11.8. The standard InChI is InChI=1S/C11H17ClN4O3S2/c1-14(2)9(17)8-15-3-5-16(6-4-15)21(18,19)10-7-13-11(12)20-10/h7H,3-6,8H2,1-2H3. The first kappa shape index (κ1) is 16.6. The summed E-state index contributed by atoms with van der Waals surface area (Å²) in [5.41, 5.74) is 0. The number of aromatic nitrogens is 1. The molecule has 2 rings (SSSR count). The highest BCUT2D eigenvalue weighted by Crippen LogP contribution is 2.26. The van der Waals surface area contributed by atoms with Crippen molar-refractivity contribution in [2.75, 3.05) is 46.8 Å². The third kappa shape index (κ3) is 3.92. The monoisotopic (exact) mass is 352 g/mol. The highest BCUT2D eigenvalue weighted by Gasteiger charge is 2.30. The first-order chi connectivity index (χ1) is 9.80. The van der Waals surface area contributed by atoms with E-state index in [0.717, 1.165) is 11.3 Å². The van der Waals surface area contributed by atoms with Crippen LogP contribution in [0.1, 0.15) is 0 Å². The van der Waals surface area contributed by atoms with Crippen LogP contribution in [0.5, 0.6) is 0 Å². The summed E-state index contributed by atoms with van der Waals surface area (Å²) in [4.78, 5) is 18.9. The molecule has 1 fully saturated rings. The lowest BCUT2D eigenvalue weighted by Crippen LogP contribution is -2.50. The number of amides is 1. The predicted molar refractivity (Wildman–Crippen MR) is 81.0 cm³/mol. The number of piperazine rings is 1. The van der Waals surface area contributed by atoms with Gasteiger partial charge in [0.05, 0.1) is 12.7 Å². The predicted octanol–water partition coefficient (Wildman–Crippen LogP) is 0.191. The van der Waals surface area contributed by atoms with Crippen LogP contribution in [0, 0.1) is 0 Å². The number of likely N-dealkylation sites (N-methyl/N-ethyl adjacent to an activating group) is 1. The van der Waals surface area contributed by atoms with Crippen molar-refractivity contribution in [1.82, 2.24) is 19.1 Å². The van der Waals surface area contributed by atoms with Gasteiger partial charge in [-0.3, -0.25) is 9.69 Å². The van der Waals surface area contributed by atoms with Crippen molar-refractivity contribution in [3.63, 3.8) is 0 Å². The van der Waals surface area contributed by atoms with Crippen molar-refractivity contribution in [2.24, 2.45) is 0 Å². The van der Waals surface area contributed by atoms with E-state index in [4.69, 9.17) is 11.6 Å². The summed E-state index contributed by atoms with van der Waals surface area (Å²) < 4.78 is 26.5. The maximum absolute atomic E-state index is 12.4. The molecule has 0 saturated carbocycles. The number of hydrogen-bond acceptors (Lipinski definition) is 6. The summed E-state index contributed by atoms with van der Waals surface area (Å²) in [6, 6.07) is 0.